The Morgan fingerprint density at radius 3 is 2.82 bits per heavy atom. The number of anilines is 2. The van der Waals surface area contributed by atoms with Crippen LogP contribution in [-0.4, -0.2) is 11.3 Å². The third-order valence-electron chi connectivity index (χ3n) is 3.30. The minimum atomic E-state index is -0.424. The number of hydrogen-bond acceptors (Lipinski definition) is 4. The molecule has 2 rings (SSSR count). The second kappa shape index (κ2) is 3.89. The fourth-order valence-corrected chi connectivity index (χ4v) is 2.16. The fraction of sp³-hybridized carbons (Fsp3) is 0.308. The number of rotatable bonds is 4. The number of Topliss-reactive ketones (excluding diaryl/α,β-unsaturated/α-hetero) is 1. The van der Waals surface area contributed by atoms with Crippen molar-refractivity contribution in [3.63, 3.8) is 0 Å². The summed E-state index contributed by atoms with van der Waals surface area (Å²) in [6.07, 6.45) is 3.10. The van der Waals surface area contributed by atoms with Crippen LogP contribution in [0.2, 0.25) is 0 Å². The molecule has 90 valence electrons. The smallest absolute Gasteiger partial charge is 0.169 e. The molecule has 6 N–H and O–H groups in total. The Balaban J connectivity index is 2.20. The normalized spacial score (nSPS) is 26.5. The van der Waals surface area contributed by atoms with Crippen LogP contribution in [0.3, 0.4) is 0 Å². The second-order valence-electron chi connectivity index (χ2n) is 4.69. The number of nitrogen functional groups attached to an aromatic ring is 2. The van der Waals surface area contributed by atoms with Gasteiger partial charge < -0.3 is 17.2 Å². The van der Waals surface area contributed by atoms with Gasteiger partial charge in [-0.1, -0.05) is 6.08 Å². The number of hydrogen-bond donors (Lipinski definition) is 3. The quantitative estimate of drug-likeness (QED) is 0.414. The van der Waals surface area contributed by atoms with E-state index in [0.717, 1.165) is 0 Å². The first-order chi connectivity index (χ1) is 7.98. The Kier molecular flexibility index (Phi) is 2.67. The lowest BCUT2D eigenvalue weighted by atomic mass is 10.0. The average molecular weight is 231 g/mol. The van der Waals surface area contributed by atoms with E-state index in [9.17, 15) is 4.79 Å². The van der Waals surface area contributed by atoms with Gasteiger partial charge in [0.15, 0.2) is 5.78 Å². The van der Waals surface area contributed by atoms with Crippen LogP contribution in [0.4, 0.5) is 11.4 Å². The molecule has 0 bridgehead atoms. The first-order valence-electron chi connectivity index (χ1n) is 5.57. The monoisotopic (exact) mass is 231 g/mol. The van der Waals surface area contributed by atoms with Crippen molar-refractivity contribution in [1.82, 2.24) is 0 Å². The van der Waals surface area contributed by atoms with Crippen molar-refractivity contribution < 1.29 is 4.79 Å². The Morgan fingerprint density at radius 1 is 1.53 bits per heavy atom. The van der Waals surface area contributed by atoms with E-state index in [-0.39, 0.29) is 11.7 Å². The highest BCUT2D eigenvalue weighted by Gasteiger charge is 2.54. The molecular formula is C13H17N3O. The highest BCUT2D eigenvalue weighted by atomic mass is 16.1. The lowest BCUT2D eigenvalue weighted by Crippen LogP contribution is -2.27. The zero-order chi connectivity index (χ0) is 12.6. The maximum absolute atomic E-state index is 12.2. The van der Waals surface area contributed by atoms with E-state index in [4.69, 9.17) is 17.2 Å². The lowest BCUT2D eigenvalue weighted by molar-refractivity contribution is 0.0959. The zero-order valence-electron chi connectivity index (χ0n) is 9.65. The molecule has 4 nitrogen and oxygen atoms in total. The summed E-state index contributed by atoms with van der Waals surface area (Å²) in [7, 11) is 0. The Hall–Kier alpha value is -1.81. The third-order valence-corrected chi connectivity index (χ3v) is 3.30. The molecular weight excluding hydrogens is 214 g/mol. The molecule has 0 aromatic heterocycles. The van der Waals surface area contributed by atoms with Gasteiger partial charge in [-0.3, -0.25) is 4.79 Å². The van der Waals surface area contributed by atoms with Crippen LogP contribution in [0.25, 0.3) is 0 Å². The van der Waals surface area contributed by atoms with Crippen molar-refractivity contribution in [2.45, 2.75) is 18.4 Å². The summed E-state index contributed by atoms with van der Waals surface area (Å²) >= 11 is 0. The van der Waals surface area contributed by atoms with Crippen LogP contribution < -0.4 is 17.2 Å². The van der Waals surface area contributed by atoms with Crippen molar-refractivity contribution in [2.24, 2.45) is 11.7 Å². The number of nitrogens with two attached hydrogens (primary N) is 3. The molecule has 0 spiro atoms. The van der Waals surface area contributed by atoms with Crippen LogP contribution in [0.15, 0.2) is 30.9 Å². The van der Waals surface area contributed by atoms with Gasteiger partial charge >= 0.3 is 0 Å². The molecule has 0 radical (unpaired) electrons. The van der Waals surface area contributed by atoms with Gasteiger partial charge in [0.25, 0.3) is 0 Å². The molecule has 2 atom stereocenters. The van der Waals surface area contributed by atoms with Crippen molar-refractivity contribution in [1.29, 1.82) is 0 Å². The van der Waals surface area contributed by atoms with Gasteiger partial charge in [-0.15, -0.1) is 6.58 Å². The summed E-state index contributed by atoms with van der Waals surface area (Å²) in [5.41, 5.74) is 18.5. The number of carbonyl (C=O) groups is 1. The average Bonchev–Trinajstić information content (AvgIpc) is 2.90. The topological polar surface area (TPSA) is 95.1 Å². The summed E-state index contributed by atoms with van der Waals surface area (Å²) < 4.78 is 0. The van der Waals surface area contributed by atoms with E-state index in [1.54, 1.807) is 24.3 Å². The number of benzene rings is 1. The largest absolute Gasteiger partial charge is 0.399 e. The molecule has 4 heteroatoms. The fourth-order valence-electron chi connectivity index (χ4n) is 2.16. The molecule has 0 aliphatic heterocycles. The van der Waals surface area contributed by atoms with Gasteiger partial charge in [-0.05, 0) is 31.0 Å². The van der Waals surface area contributed by atoms with Gasteiger partial charge in [0.05, 0.1) is 0 Å². The van der Waals surface area contributed by atoms with Gasteiger partial charge in [-0.25, -0.2) is 0 Å². The zero-order valence-corrected chi connectivity index (χ0v) is 9.65. The molecule has 0 saturated heterocycles. The highest BCUT2D eigenvalue weighted by molar-refractivity contribution is 6.05. The van der Waals surface area contributed by atoms with E-state index in [1.165, 1.54) is 0 Å². The third kappa shape index (κ3) is 2.03. The molecule has 2 unspecified atom stereocenters. The van der Waals surface area contributed by atoms with Crippen molar-refractivity contribution in [2.75, 3.05) is 11.5 Å². The van der Waals surface area contributed by atoms with Gasteiger partial charge in [0.1, 0.15) is 0 Å². The Morgan fingerprint density at radius 2 is 2.24 bits per heavy atom. The van der Waals surface area contributed by atoms with Crippen molar-refractivity contribution in [3.8, 4) is 0 Å². The van der Waals surface area contributed by atoms with E-state index >= 15 is 0 Å². The maximum Gasteiger partial charge on any atom is 0.169 e. The van der Waals surface area contributed by atoms with Crippen molar-refractivity contribution in [3.05, 3.63) is 36.4 Å². The first-order valence-corrected chi connectivity index (χ1v) is 5.57. The van der Waals surface area contributed by atoms with Crippen LogP contribution in [0, 0.1) is 5.92 Å². The van der Waals surface area contributed by atoms with E-state index in [1.807, 2.05) is 0 Å². The minimum absolute atomic E-state index is 0.00634. The molecule has 0 amide bonds. The number of ketones is 1. The Bertz CT molecular complexity index is 484. The molecule has 1 aliphatic carbocycles. The number of carbonyl (C=O) groups excluding carboxylic acids is 1. The standard InChI is InChI=1S/C13H17N3O/c1-2-5-13(16)7-10(13)12(17)9-4-3-8(14)6-11(9)15/h2-4,6,10H,1,5,7,14-16H2. The second-order valence-corrected chi connectivity index (χ2v) is 4.69. The van der Waals surface area contributed by atoms with Crippen LogP contribution in [0.1, 0.15) is 23.2 Å². The van der Waals surface area contributed by atoms with Crippen LogP contribution in [0.5, 0.6) is 0 Å². The molecule has 1 aliphatic rings. The van der Waals surface area contributed by atoms with Gasteiger partial charge in [0.2, 0.25) is 0 Å². The summed E-state index contributed by atoms with van der Waals surface area (Å²) in [6, 6.07) is 4.94. The molecule has 1 saturated carbocycles. The predicted octanol–water partition coefficient (Wildman–Crippen LogP) is 1.33. The summed E-state index contributed by atoms with van der Waals surface area (Å²) in [5, 5.41) is 0. The van der Waals surface area contributed by atoms with Gasteiger partial charge in [0, 0.05) is 28.4 Å². The maximum atomic E-state index is 12.2. The molecule has 1 aromatic rings. The van der Waals surface area contributed by atoms with Gasteiger partial charge in [-0.2, -0.15) is 0 Å². The SMILES string of the molecule is C=CCC1(N)CC1C(=O)c1ccc(N)cc1N. The molecule has 1 aromatic carbocycles. The minimum Gasteiger partial charge on any atom is -0.399 e. The first kappa shape index (κ1) is 11.7. The highest BCUT2D eigenvalue weighted by Crippen LogP contribution is 2.46. The molecule has 1 fully saturated rings. The summed E-state index contributed by atoms with van der Waals surface area (Å²) in [6.45, 7) is 3.65. The summed E-state index contributed by atoms with van der Waals surface area (Å²) in [5.74, 6) is -0.140. The van der Waals surface area contributed by atoms with Crippen LogP contribution in [-0.2, 0) is 0 Å². The summed E-state index contributed by atoms with van der Waals surface area (Å²) in [4.78, 5) is 12.2. The molecule has 0 heterocycles. The van der Waals surface area contributed by atoms with E-state index in [0.29, 0.717) is 29.8 Å². The molecule has 17 heavy (non-hydrogen) atoms. The van der Waals surface area contributed by atoms with E-state index in [2.05, 4.69) is 6.58 Å². The van der Waals surface area contributed by atoms with Crippen LogP contribution >= 0.6 is 0 Å². The lowest BCUT2D eigenvalue weighted by Gasteiger charge is -2.09. The predicted molar refractivity (Wildman–Crippen MR) is 69.4 cm³/mol. The van der Waals surface area contributed by atoms with Crippen molar-refractivity contribution >= 4 is 17.2 Å². The Labute approximate surface area is 100 Å². The van der Waals surface area contributed by atoms with E-state index < -0.39 is 5.54 Å².